The minimum absolute atomic E-state index is 0.947. The zero-order chi connectivity index (χ0) is 30.1. The molecular weight excluding hydrogens is 532 g/mol. The Balaban J connectivity index is 1.16. The zero-order valence-corrected chi connectivity index (χ0v) is 25.7. The van der Waals surface area contributed by atoms with Gasteiger partial charge in [0, 0.05) is 36.7 Å². The van der Waals surface area contributed by atoms with Crippen molar-refractivity contribution in [1.29, 1.82) is 0 Å². The predicted molar refractivity (Wildman–Crippen MR) is 187 cm³/mol. The highest BCUT2D eigenvalue weighted by atomic mass is 15.1. The van der Waals surface area contributed by atoms with E-state index in [2.05, 4.69) is 181 Å². The topological polar surface area (TPSA) is 6.48 Å². The second-order valence-electron chi connectivity index (χ2n) is 11.7. The van der Waals surface area contributed by atoms with E-state index in [0.29, 0.717) is 0 Å². The molecule has 2 heteroatoms. The van der Waals surface area contributed by atoms with Crippen LogP contribution in [0.3, 0.4) is 0 Å². The lowest BCUT2D eigenvalue weighted by Crippen LogP contribution is -2.25. The van der Waals surface area contributed by atoms with Crippen molar-refractivity contribution in [3.8, 4) is 11.1 Å². The summed E-state index contributed by atoms with van der Waals surface area (Å²) in [4.78, 5) is 4.87. The highest BCUT2D eigenvalue weighted by molar-refractivity contribution is 5.78. The van der Waals surface area contributed by atoms with E-state index in [1.807, 2.05) is 0 Å². The number of anilines is 3. The highest BCUT2D eigenvalue weighted by Crippen LogP contribution is 2.35. The minimum atomic E-state index is 0.947. The molecule has 0 saturated heterocycles. The zero-order valence-electron chi connectivity index (χ0n) is 25.7. The van der Waals surface area contributed by atoms with Crippen LogP contribution in [0.5, 0.6) is 0 Å². The summed E-state index contributed by atoms with van der Waals surface area (Å²) in [5, 5.41) is 0. The highest BCUT2D eigenvalue weighted by Gasteiger charge is 2.13. The maximum absolute atomic E-state index is 2.55. The number of benzene rings is 6. The van der Waals surface area contributed by atoms with Crippen molar-refractivity contribution in [3.05, 3.63) is 186 Å². The van der Waals surface area contributed by atoms with Crippen molar-refractivity contribution in [2.24, 2.45) is 0 Å². The molecule has 0 N–H and O–H groups in total. The summed E-state index contributed by atoms with van der Waals surface area (Å²) in [6.45, 7) is 7.16. The monoisotopic (exact) mass is 572 g/mol. The number of rotatable bonds is 11. The maximum Gasteiger partial charge on any atom is 0.0462 e. The molecule has 0 aliphatic rings. The van der Waals surface area contributed by atoms with Gasteiger partial charge >= 0.3 is 0 Å². The number of nitrogens with zero attached hydrogens (tertiary/aromatic N) is 2. The molecule has 0 aliphatic carbocycles. The summed E-state index contributed by atoms with van der Waals surface area (Å²) in [6.07, 6.45) is 1.01. The fourth-order valence-electron chi connectivity index (χ4n) is 5.69. The lowest BCUT2D eigenvalue weighted by molar-refractivity contribution is 0.260. The minimum Gasteiger partial charge on any atom is -0.311 e. The summed E-state index contributed by atoms with van der Waals surface area (Å²) < 4.78 is 0. The summed E-state index contributed by atoms with van der Waals surface area (Å²) in [6, 6.07) is 57.1. The van der Waals surface area contributed by atoms with Gasteiger partial charge in [-0.1, -0.05) is 132 Å². The van der Waals surface area contributed by atoms with Crippen molar-refractivity contribution in [2.45, 2.75) is 33.4 Å². The summed E-state index contributed by atoms with van der Waals surface area (Å²) in [7, 11) is 0. The second kappa shape index (κ2) is 14.0. The third-order valence-electron chi connectivity index (χ3n) is 8.21. The standard InChI is InChI=1S/C42H40N2/c1-33-13-23-40(24-14-33)44(41-25-15-34(2)16-26-41)42-27-21-39(22-28-42)38-19-17-35(18-20-38)29-30-43(31-36-9-5-3-6-10-36)32-37-11-7-4-8-12-37/h3-28H,29-32H2,1-2H3. The Labute approximate surface area is 262 Å². The van der Waals surface area contributed by atoms with Crippen molar-refractivity contribution in [1.82, 2.24) is 4.90 Å². The molecule has 6 aromatic carbocycles. The Morgan fingerprint density at radius 2 is 0.773 bits per heavy atom. The Bertz CT molecular complexity index is 1640. The van der Waals surface area contributed by atoms with Gasteiger partial charge in [0.05, 0.1) is 0 Å². The van der Waals surface area contributed by atoms with E-state index in [0.717, 1.165) is 43.1 Å². The number of hydrogen-bond acceptors (Lipinski definition) is 2. The lowest BCUT2D eigenvalue weighted by Gasteiger charge is -2.26. The third-order valence-corrected chi connectivity index (χ3v) is 8.21. The van der Waals surface area contributed by atoms with Crippen LogP contribution >= 0.6 is 0 Å². The first-order valence-electron chi connectivity index (χ1n) is 15.5. The fraction of sp³-hybridized carbons (Fsp3) is 0.143. The SMILES string of the molecule is Cc1ccc(N(c2ccc(C)cc2)c2ccc(-c3ccc(CCN(Cc4ccccc4)Cc4ccccc4)cc3)cc2)cc1. The van der Waals surface area contributed by atoms with Gasteiger partial charge in [-0.2, -0.15) is 0 Å². The molecular formula is C42H40N2. The average molecular weight is 573 g/mol. The molecule has 0 atom stereocenters. The van der Waals surface area contributed by atoms with Crippen LogP contribution in [0.2, 0.25) is 0 Å². The van der Waals surface area contributed by atoms with Crippen LogP contribution < -0.4 is 4.90 Å². The van der Waals surface area contributed by atoms with E-state index in [1.54, 1.807) is 0 Å². The van der Waals surface area contributed by atoms with Gasteiger partial charge in [0.1, 0.15) is 0 Å². The van der Waals surface area contributed by atoms with Gasteiger partial charge in [-0.3, -0.25) is 4.90 Å². The smallest absolute Gasteiger partial charge is 0.0462 e. The van der Waals surface area contributed by atoms with Crippen molar-refractivity contribution in [3.63, 3.8) is 0 Å². The van der Waals surface area contributed by atoms with E-state index in [4.69, 9.17) is 0 Å². The molecule has 0 spiro atoms. The molecule has 0 unspecified atom stereocenters. The van der Waals surface area contributed by atoms with Crippen LogP contribution in [0.1, 0.15) is 27.8 Å². The van der Waals surface area contributed by atoms with Crippen molar-refractivity contribution in [2.75, 3.05) is 11.4 Å². The van der Waals surface area contributed by atoms with Crippen LogP contribution in [-0.2, 0) is 19.5 Å². The van der Waals surface area contributed by atoms with Crippen LogP contribution in [0.25, 0.3) is 11.1 Å². The van der Waals surface area contributed by atoms with Gasteiger partial charge in [-0.25, -0.2) is 0 Å². The fourth-order valence-corrected chi connectivity index (χ4v) is 5.69. The number of hydrogen-bond donors (Lipinski definition) is 0. The second-order valence-corrected chi connectivity index (χ2v) is 11.7. The average Bonchev–Trinajstić information content (AvgIpc) is 3.07. The Morgan fingerprint density at radius 3 is 1.20 bits per heavy atom. The van der Waals surface area contributed by atoms with Crippen LogP contribution in [-0.4, -0.2) is 11.4 Å². The van der Waals surface area contributed by atoms with Crippen LogP contribution in [0, 0.1) is 13.8 Å². The summed E-state index contributed by atoms with van der Waals surface area (Å²) in [5.74, 6) is 0. The third kappa shape index (κ3) is 7.53. The molecule has 44 heavy (non-hydrogen) atoms. The molecule has 2 nitrogen and oxygen atoms in total. The maximum atomic E-state index is 2.55. The van der Waals surface area contributed by atoms with Gasteiger partial charge < -0.3 is 4.90 Å². The van der Waals surface area contributed by atoms with Gasteiger partial charge in [0.15, 0.2) is 0 Å². The van der Waals surface area contributed by atoms with Gasteiger partial charge in [-0.15, -0.1) is 0 Å². The molecule has 0 bridgehead atoms. The van der Waals surface area contributed by atoms with E-state index >= 15 is 0 Å². The van der Waals surface area contributed by atoms with E-state index < -0.39 is 0 Å². The van der Waals surface area contributed by atoms with Crippen LogP contribution in [0.15, 0.2) is 158 Å². The molecule has 0 amide bonds. The predicted octanol–water partition coefficient (Wildman–Crippen LogP) is 10.7. The largest absolute Gasteiger partial charge is 0.311 e. The van der Waals surface area contributed by atoms with E-state index in [9.17, 15) is 0 Å². The molecule has 0 heterocycles. The Hall–Kier alpha value is -4.92. The molecule has 6 aromatic rings. The molecule has 0 fully saturated rings. The van der Waals surface area contributed by atoms with Gasteiger partial charge in [0.2, 0.25) is 0 Å². The Morgan fingerprint density at radius 1 is 0.386 bits per heavy atom. The van der Waals surface area contributed by atoms with E-state index in [-0.39, 0.29) is 0 Å². The molecule has 0 saturated carbocycles. The van der Waals surface area contributed by atoms with Crippen molar-refractivity contribution < 1.29 is 0 Å². The number of aryl methyl sites for hydroxylation is 2. The lowest BCUT2D eigenvalue weighted by atomic mass is 10.0. The normalized spacial score (nSPS) is 11.1. The summed E-state index contributed by atoms with van der Waals surface area (Å²) >= 11 is 0. The first-order chi connectivity index (χ1) is 21.6. The molecule has 0 aromatic heterocycles. The molecule has 0 aliphatic heterocycles. The molecule has 0 radical (unpaired) electrons. The Kier molecular flexibility index (Phi) is 9.30. The van der Waals surface area contributed by atoms with Crippen molar-refractivity contribution >= 4 is 17.1 Å². The van der Waals surface area contributed by atoms with Gasteiger partial charge in [-0.05, 0) is 84.5 Å². The van der Waals surface area contributed by atoms with E-state index in [1.165, 1.54) is 38.9 Å². The van der Waals surface area contributed by atoms with Gasteiger partial charge in [0.25, 0.3) is 0 Å². The quantitative estimate of drug-likeness (QED) is 0.152. The first-order valence-corrected chi connectivity index (χ1v) is 15.5. The first kappa shape index (κ1) is 29.2. The molecule has 218 valence electrons. The molecule has 6 rings (SSSR count). The summed E-state index contributed by atoms with van der Waals surface area (Å²) in [5.41, 5.74) is 12.5. The van der Waals surface area contributed by atoms with Crippen LogP contribution in [0.4, 0.5) is 17.1 Å².